The summed E-state index contributed by atoms with van der Waals surface area (Å²) in [7, 11) is -3.60. The molecule has 4 heterocycles. The molecular formula is C22H30F3N5O3S. The highest BCUT2D eigenvalue weighted by molar-refractivity contribution is 7.89. The summed E-state index contributed by atoms with van der Waals surface area (Å²) >= 11 is 0. The minimum Gasteiger partial charge on any atom is -0.474 e. The van der Waals surface area contributed by atoms with Crippen molar-refractivity contribution in [2.24, 2.45) is 0 Å². The van der Waals surface area contributed by atoms with Gasteiger partial charge >= 0.3 is 6.18 Å². The van der Waals surface area contributed by atoms with Gasteiger partial charge in [-0.3, -0.25) is 0 Å². The van der Waals surface area contributed by atoms with E-state index in [1.54, 1.807) is 17.1 Å². The maximum atomic E-state index is 13.0. The lowest BCUT2D eigenvalue weighted by Crippen LogP contribution is -2.50. The summed E-state index contributed by atoms with van der Waals surface area (Å²) in [4.78, 5) is 10.3. The topological polar surface area (TPSA) is 80.6 Å². The molecule has 0 spiro atoms. The van der Waals surface area contributed by atoms with Crippen LogP contribution in [0.3, 0.4) is 0 Å². The maximum absolute atomic E-state index is 13.0. The molecule has 0 atom stereocenters. The van der Waals surface area contributed by atoms with Crippen LogP contribution in [0.5, 0.6) is 5.88 Å². The fraction of sp³-hybridized carbons (Fsp3) is 0.636. The van der Waals surface area contributed by atoms with Crippen molar-refractivity contribution in [1.82, 2.24) is 23.7 Å². The van der Waals surface area contributed by atoms with Crippen molar-refractivity contribution in [3.8, 4) is 5.88 Å². The highest BCUT2D eigenvalue weighted by Crippen LogP contribution is 2.30. The van der Waals surface area contributed by atoms with Crippen molar-refractivity contribution in [3.63, 3.8) is 0 Å². The van der Waals surface area contributed by atoms with Crippen LogP contribution in [0.1, 0.15) is 51.1 Å². The van der Waals surface area contributed by atoms with E-state index >= 15 is 0 Å². The van der Waals surface area contributed by atoms with Gasteiger partial charge in [-0.05, 0) is 45.6 Å². The number of sulfonamides is 1. The lowest BCUT2D eigenvalue weighted by atomic mass is 10.00. The summed E-state index contributed by atoms with van der Waals surface area (Å²) < 4.78 is 73.0. The Kier molecular flexibility index (Phi) is 7.20. The number of hydrogen-bond acceptors (Lipinski definition) is 6. The van der Waals surface area contributed by atoms with E-state index in [2.05, 4.69) is 14.9 Å². The predicted molar refractivity (Wildman–Crippen MR) is 119 cm³/mol. The fourth-order valence-electron chi connectivity index (χ4n) is 4.46. The number of ether oxygens (including phenoxy) is 1. The Hall–Kier alpha value is -2.18. The van der Waals surface area contributed by atoms with Crippen LogP contribution in [0.4, 0.5) is 13.2 Å². The predicted octanol–water partition coefficient (Wildman–Crippen LogP) is 3.57. The van der Waals surface area contributed by atoms with Crippen LogP contribution in [0.15, 0.2) is 35.9 Å². The molecule has 2 fully saturated rings. The SMILES string of the molecule is CC(C)n1cnc(S(=O)(=O)N2CCC(N3CCC(Oc4ccc(C(F)(F)F)cn4)CC3)CC2)c1. The molecule has 0 radical (unpaired) electrons. The number of likely N-dealkylation sites (tertiary alicyclic amines) is 1. The largest absolute Gasteiger partial charge is 0.474 e. The van der Waals surface area contributed by atoms with Gasteiger partial charge in [0.25, 0.3) is 10.0 Å². The van der Waals surface area contributed by atoms with E-state index in [-0.39, 0.29) is 23.1 Å². The second-order valence-corrected chi connectivity index (χ2v) is 11.0. The molecule has 0 N–H and O–H groups in total. The number of imidazole rings is 1. The van der Waals surface area contributed by atoms with Gasteiger partial charge in [0, 0.05) is 56.7 Å². The molecule has 188 valence electrons. The van der Waals surface area contributed by atoms with Crippen molar-refractivity contribution in [3.05, 3.63) is 36.4 Å². The van der Waals surface area contributed by atoms with Crippen molar-refractivity contribution in [2.45, 2.75) is 68.9 Å². The lowest BCUT2D eigenvalue weighted by Gasteiger charge is -2.41. The number of rotatable bonds is 6. The van der Waals surface area contributed by atoms with Crippen molar-refractivity contribution in [2.75, 3.05) is 26.2 Å². The van der Waals surface area contributed by atoms with Gasteiger partial charge in [-0.1, -0.05) is 0 Å². The Labute approximate surface area is 197 Å². The van der Waals surface area contributed by atoms with Gasteiger partial charge in [-0.25, -0.2) is 18.4 Å². The molecule has 4 rings (SSSR count). The maximum Gasteiger partial charge on any atom is 0.417 e. The lowest BCUT2D eigenvalue weighted by molar-refractivity contribution is -0.137. The third kappa shape index (κ3) is 5.55. The van der Waals surface area contributed by atoms with E-state index in [1.165, 1.54) is 10.4 Å². The van der Waals surface area contributed by atoms with Gasteiger partial charge in [0.05, 0.1) is 11.9 Å². The van der Waals surface area contributed by atoms with Gasteiger partial charge < -0.3 is 14.2 Å². The normalized spacial score (nSPS) is 20.2. The van der Waals surface area contributed by atoms with Crippen LogP contribution in [-0.2, 0) is 16.2 Å². The minimum atomic E-state index is -4.42. The molecule has 0 bridgehead atoms. The smallest absolute Gasteiger partial charge is 0.417 e. The summed E-state index contributed by atoms with van der Waals surface area (Å²) in [6, 6.07) is 2.68. The highest BCUT2D eigenvalue weighted by Gasteiger charge is 2.35. The van der Waals surface area contributed by atoms with Gasteiger partial charge in [0.2, 0.25) is 5.88 Å². The van der Waals surface area contributed by atoms with Crippen LogP contribution in [0, 0.1) is 0 Å². The molecule has 2 aliphatic heterocycles. The number of nitrogens with zero attached hydrogens (tertiary/aromatic N) is 5. The number of alkyl halides is 3. The Bertz CT molecular complexity index is 1060. The quantitative estimate of drug-likeness (QED) is 0.602. The van der Waals surface area contributed by atoms with Crippen molar-refractivity contribution in [1.29, 1.82) is 0 Å². The monoisotopic (exact) mass is 501 g/mol. The first kappa shape index (κ1) is 24.9. The molecule has 0 saturated carbocycles. The zero-order valence-corrected chi connectivity index (χ0v) is 20.1. The second kappa shape index (κ2) is 9.82. The average molecular weight is 502 g/mol. The molecule has 34 heavy (non-hydrogen) atoms. The third-order valence-electron chi connectivity index (χ3n) is 6.55. The number of halogens is 3. The van der Waals surface area contributed by atoms with E-state index in [9.17, 15) is 21.6 Å². The summed E-state index contributed by atoms with van der Waals surface area (Å²) in [5, 5.41) is 0.0921. The summed E-state index contributed by atoms with van der Waals surface area (Å²) in [5.74, 6) is 0.199. The fourth-order valence-corrected chi connectivity index (χ4v) is 5.85. The summed E-state index contributed by atoms with van der Waals surface area (Å²) in [5.41, 5.74) is -0.795. The summed E-state index contributed by atoms with van der Waals surface area (Å²) in [6.07, 6.45) is 2.39. The highest BCUT2D eigenvalue weighted by atomic mass is 32.2. The standard InChI is InChI=1S/C22H30F3N5O3S/c1-16(2)29-14-21(27-15-29)34(31,32)30-11-5-18(6-12-30)28-9-7-19(8-10-28)33-20-4-3-17(13-26-20)22(23,24)25/h3-4,13-16,18-19H,5-12H2,1-2H3. The average Bonchev–Trinajstić information content (AvgIpc) is 3.31. The Morgan fingerprint density at radius 1 is 1.03 bits per heavy atom. The Balaban J connectivity index is 1.25. The van der Waals surface area contributed by atoms with Crippen LogP contribution >= 0.6 is 0 Å². The molecule has 2 aromatic rings. The first-order valence-corrected chi connectivity index (χ1v) is 13.0. The van der Waals surface area contributed by atoms with Gasteiger partial charge in [-0.2, -0.15) is 17.5 Å². The molecule has 0 amide bonds. The van der Waals surface area contributed by atoms with Crippen molar-refractivity contribution < 1.29 is 26.3 Å². The van der Waals surface area contributed by atoms with Crippen LogP contribution in [0.2, 0.25) is 0 Å². The number of hydrogen-bond donors (Lipinski definition) is 0. The molecule has 0 aliphatic carbocycles. The Morgan fingerprint density at radius 2 is 1.71 bits per heavy atom. The zero-order valence-electron chi connectivity index (χ0n) is 19.3. The Morgan fingerprint density at radius 3 is 2.24 bits per heavy atom. The molecule has 2 saturated heterocycles. The van der Waals surface area contributed by atoms with Crippen molar-refractivity contribution >= 4 is 10.0 Å². The van der Waals surface area contributed by atoms with E-state index < -0.39 is 21.8 Å². The molecule has 2 aromatic heterocycles. The first-order valence-electron chi connectivity index (χ1n) is 11.5. The first-order chi connectivity index (χ1) is 16.0. The number of aromatic nitrogens is 3. The van der Waals surface area contributed by atoms with Crippen LogP contribution in [-0.4, -0.2) is 70.5 Å². The van der Waals surface area contributed by atoms with Crippen LogP contribution in [0.25, 0.3) is 0 Å². The van der Waals surface area contributed by atoms with E-state index in [1.807, 2.05) is 13.8 Å². The van der Waals surface area contributed by atoms with Gasteiger partial charge in [0.1, 0.15) is 6.10 Å². The van der Waals surface area contributed by atoms with Gasteiger partial charge in [0.15, 0.2) is 5.03 Å². The summed E-state index contributed by atoms with van der Waals surface area (Å²) in [6.45, 7) is 6.43. The molecule has 0 aromatic carbocycles. The number of pyridine rings is 1. The van der Waals surface area contributed by atoms with E-state index in [0.29, 0.717) is 19.1 Å². The number of piperidine rings is 2. The molecule has 0 unspecified atom stereocenters. The zero-order chi connectivity index (χ0) is 24.5. The minimum absolute atomic E-state index is 0.0921. The molecule has 12 heteroatoms. The third-order valence-corrected chi connectivity index (χ3v) is 8.33. The van der Waals surface area contributed by atoms with Crippen LogP contribution < -0.4 is 4.74 Å². The van der Waals surface area contributed by atoms with E-state index in [0.717, 1.165) is 51.0 Å². The molecule has 2 aliphatic rings. The molecular weight excluding hydrogens is 471 g/mol. The van der Waals surface area contributed by atoms with E-state index in [4.69, 9.17) is 4.74 Å². The van der Waals surface area contributed by atoms with Gasteiger partial charge in [-0.15, -0.1) is 0 Å². The molecule has 8 nitrogen and oxygen atoms in total. The second-order valence-electron chi connectivity index (χ2n) is 9.12.